The Balaban J connectivity index is 2.41. The topological polar surface area (TPSA) is 59.6 Å². The maximum atomic E-state index is 11.8. The predicted octanol–water partition coefficient (Wildman–Crippen LogP) is 1.36. The number of methoxy groups -OCH3 is 2. The van der Waals surface area contributed by atoms with Crippen molar-refractivity contribution in [2.45, 2.75) is 19.8 Å². The molecule has 20 heavy (non-hydrogen) atoms. The third kappa shape index (κ3) is 5.48. The Hall–Kier alpha value is -1.75. The highest BCUT2D eigenvalue weighted by Gasteiger charge is 2.07. The molecular formula is C15H24N2O3. The minimum Gasteiger partial charge on any atom is -0.493 e. The van der Waals surface area contributed by atoms with Crippen molar-refractivity contribution in [1.29, 1.82) is 0 Å². The largest absolute Gasteiger partial charge is 0.493 e. The Labute approximate surface area is 120 Å². The smallest absolute Gasteiger partial charge is 0.224 e. The summed E-state index contributed by atoms with van der Waals surface area (Å²) in [7, 11) is 3.18. The summed E-state index contributed by atoms with van der Waals surface area (Å²) in [5.41, 5.74) is 0.909. The summed E-state index contributed by atoms with van der Waals surface area (Å²) < 4.78 is 10.4. The van der Waals surface area contributed by atoms with Crippen molar-refractivity contribution in [1.82, 2.24) is 10.6 Å². The summed E-state index contributed by atoms with van der Waals surface area (Å²) in [6.07, 6.45) is 1.28. The monoisotopic (exact) mass is 280 g/mol. The lowest BCUT2D eigenvalue weighted by atomic mass is 10.1. The summed E-state index contributed by atoms with van der Waals surface area (Å²) >= 11 is 0. The van der Waals surface area contributed by atoms with Crippen LogP contribution in [-0.4, -0.2) is 39.8 Å². The van der Waals surface area contributed by atoms with E-state index in [-0.39, 0.29) is 5.91 Å². The number of ether oxygens (including phenoxy) is 2. The van der Waals surface area contributed by atoms with Crippen LogP contribution in [0.2, 0.25) is 0 Å². The Bertz CT molecular complexity index is 422. The van der Waals surface area contributed by atoms with Gasteiger partial charge in [-0.3, -0.25) is 4.79 Å². The van der Waals surface area contributed by atoms with E-state index in [9.17, 15) is 4.79 Å². The fourth-order valence-corrected chi connectivity index (χ4v) is 1.86. The molecule has 0 saturated carbocycles. The molecule has 1 rings (SSSR count). The number of hydrogen-bond acceptors (Lipinski definition) is 4. The fraction of sp³-hybridized carbons (Fsp3) is 0.533. The number of nitrogens with one attached hydrogen (secondary N) is 2. The third-order valence-electron chi connectivity index (χ3n) is 2.92. The summed E-state index contributed by atoms with van der Waals surface area (Å²) in [6, 6.07) is 5.52. The molecule has 0 atom stereocenters. The molecule has 0 heterocycles. The maximum Gasteiger partial charge on any atom is 0.224 e. The van der Waals surface area contributed by atoms with Crippen molar-refractivity contribution in [3.05, 3.63) is 23.8 Å². The zero-order valence-corrected chi connectivity index (χ0v) is 12.5. The Morgan fingerprint density at radius 2 is 1.90 bits per heavy atom. The Morgan fingerprint density at radius 3 is 2.55 bits per heavy atom. The summed E-state index contributed by atoms with van der Waals surface area (Å²) in [5, 5.41) is 6.12. The predicted molar refractivity (Wildman–Crippen MR) is 79.4 cm³/mol. The maximum absolute atomic E-state index is 11.8. The van der Waals surface area contributed by atoms with Gasteiger partial charge < -0.3 is 20.1 Å². The molecule has 0 radical (unpaired) electrons. The molecule has 0 bridgehead atoms. The first-order valence-corrected chi connectivity index (χ1v) is 6.89. The molecule has 0 aromatic heterocycles. The fourth-order valence-electron chi connectivity index (χ4n) is 1.86. The highest BCUT2D eigenvalue weighted by atomic mass is 16.5. The lowest BCUT2D eigenvalue weighted by molar-refractivity contribution is -0.120. The van der Waals surface area contributed by atoms with Crippen LogP contribution >= 0.6 is 0 Å². The number of hydrogen-bond donors (Lipinski definition) is 2. The summed E-state index contributed by atoms with van der Waals surface area (Å²) in [6.45, 7) is 4.64. The van der Waals surface area contributed by atoms with E-state index in [4.69, 9.17) is 9.47 Å². The Kier molecular flexibility index (Phi) is 7.50. The average Bonchev–Trinajstić information content (AvgIpc) is 2.46. The van der Waals surface area contributed by atoms with Gasteiger partial charge in [-0.1, -0.05) is 13.0 Å². The van der Waals surface area contributed by atoms with Crippen molar-refractivity contribution >= 4 is 5.91 Å². The van der Waals surface area contributed by atoms with Crippen LogP contribution in [0.15, 0.2) is 18.2 Å². The zero-order valence-electron chi connectivity index (χ0n) is 12.5. The SMILES string of the molecule is CCNCCCNC(=O)Cc1ccc(OC)c(OC)c1. The van der Waals surface area contributed by atoms with Crippen molar-refractivity contribution in [3.8, 4) is 11.5 Å². The summed E-state index contributed by atoms with van der Waals surface area (Å²) in [5.74, 6) is 1.33. The van der Waals surface area contributed by atoms with Crippen molar-refractivity contribution in [3.63, 3.8) is 0 Å². The number of rotatable bonds is 9. The molecule has 5 heteroatoms. The van der Waals surface area contributed by atoms with Gasteiger partial charge >= 0.3 is 0 Å². The second-order valence-electron chi connectivity index (χ2n) is 4.42. The van der Waals surface area contributed by atoms with Gasteiger partial charge in [-0.15, -0.1) is 0 Å². The highest BCUT2D eigenvalue weighted by molar-refractivity contribution is 5.78. The molecule has 0 fully saturated rings. The van der Waals surface area contributed by atoms with Crippen molar-refractivity contribution < 1.29 is 14.3 Å². The number of amides is 1. The van der Waals surface area contributed by atoms with E-state index < -0.39 is 0 Å². The van der Waals surface area contributed by atoms with Crippen LogP contribution in [0.25, 0.3) is 0 Å². The lowest BCUT2D eigenvalue weighted by Crippen LogP contribution is -2.28. The molecule has 0 unspecified atom stereocenters. The standard InChI is InChI=1S/C15H24N2O3/c1-4-16-8-5-9-17-15(18)11-12-6-7-13(19-2)14(10-12)20-3/h6-7,10,16H,4-5,8-9,11H2,1-3H3,(H,17,18). The van der Waals surface area contributed by atoms with Gasteiger partial charge in [-0.25, -0.2) is 0 Å². The van der Waals surface area contributed by atoms with E-state index >= 15 is 0 Å². The first kappa shape index (κ1) is 16.3. The van der Waals surface area contributed by atoms with Crippen LogP contribution in [0, 0.1) is 0 Å². The molecule has 5 nitrogen and oxygen atoms in total. The Morgan fingerprint density at radius 1 is 1.15 bits per heavy atom. The van der Waals surface area contributed by atoms with Crippen LogP contribution in [0.5, 0.6) is 11.5 Å². The van der Waals surface area contributed by atoms with Gasteiger partial charge in [0.1, 0.15) is 0 Å². The van der Waals surface area contributed by atoms with Crippen LogP contribution in [0.3, 0.4) is 0 Å². The lowest BCUT2D eigenvalue weighted by Gasteiger charge is -2.10. The molecule has 0 spiro atoms. The van der Waals surface area contributed by atoms with Crippen LogP contribution in [-0.2, 0) is 11.2 Å². The molecule has 0 aliphatic rings. The van der Waals surface area contributed by atoms with Crippen LogP contribution < -0.4 is 20.1 Å². The second-order valence-corrected chi connectivity index (χ2v) is 4.42. The normalized spacial score (nSPS) is 10.2. The van der Waals surface area contributed by atoms with Gasteiger partial charge in [-0.05, 0) is 37.2 Å². The van der Waals surface area contributed by atoms with Crippen LogP contribution in [0.4, 0.5) is 0 Å². The molecule has 1 amide bonds. The van der Waals surface area contributed by atoms with E-state index in [2.05, 4.69) is 17.6 Å². The molecule has 112 valence electrons. The number of benzene rings is 1. The van der Waals surface area contributed by atoms with E-state index in [0.717, 1.165) is 25.1 Å². The minimum atomic E-state index is 0.0220. The molecule has 0 aliphatic heterocycles. The molecule has 1 aromatic rings. The van der Waals surface area contributed by atoms with E-state index in [0.29, 0.717) is 24.5 Å². The second kappa shape index (κ2) is 9.20. The van der Waals surface area contributed by atoms with Crippen molar-refractivity contribution in [2.24, 2.45) is 0 Å². The van der Waals surface area contributed by atoms with Gasteiger partial charge in [-0.2, -0.15) is 0 Å². The quantitative estimate of drug-likeness (QED) is 0.671. The van der Waals surface area contributed by atoms with Crippen molar-refractivity contribution in [2.75, 3.05) is 33.9 Å². The van der Waals surface area contributed by atoms with Gasteiger partial charge in [0.05, 0.1) is 20.6 Å². The average molecular weight is 280 g/mol. The number of carbonyl (C=O) groups is 1. The third-order valence-corrected chi connectivity index (χ3v) is 2.92. The zero-order chi connectivity index (χ0) is 14.8. The van der Waals surface area contributed by atoms with Crippen LogP contribution in [0.1, 0.15) is 18.9 Å². The van der Waals surface area contributed by atoms with Gasteiger partial charge in [0, 0.05) is 6.54 Å². The molecule has 2 N–H and O–H groups in total. The minimum absolute atomic E-state index is 0.0220. The molecule has 0 saturated heterocycles. The number of carbonyl (C=O) groups excluding carboxylic acids is 1. The first-order valence-electron chi connectivity index (χ1n) is 6.89. The molecule has 0 aliphatic carbocycles. The molecule has 1 aromatic carbocycles. The van der Waals surface area contributed by atoms with Gasteiger partial charge in [0.2, 0.25) is 5.91 Å². The summed E-state index contributed by atoms with van der Waals surface area (Å²) in [4.78, 5) is 11.8. The van der Waals surface area contributed by atoms with Gasteiger partial charge in [0.15, 0.2) is 11.5 Å². The van der Waals surface area contributed by atoms with E-state index in [1.807, 2.05) is 18.2 Å². The first-order chi connectivity index (χ1) is 9.71. The van der Waals surface area contributed by atoms with E-state index in [1.54, 1.807) is 14.2 Å². The highest BCUT2D eigenvalue weighted by Crippen LogP contribution is 2.27. The molecular weight excluding hydrogens is 256 g/mol. The van der Waals surface area contributed by atoms with E-state index in [1.165, 1.54) is 0 Å². The van der Waals surface area contributed by atoms with Gasteiger partial charge in [0.25, 0.3) is 0 Å².